The monoisotopic (exact) mass is 356 g/mol. The van der Waals surface area contributed by atoms with Gasteiger partial charge in [-0.1, -0.05) is 64.3 Å². The van der Waals surface area contributed by atoms with Gasteiger partial charge >= 0.3 is 0 Å². The molecule has 1 aliphatic carbocycles. The van der Waals surface area contributed by atoms with Gasteiger partial charge in [0.25, 0.3) is 5.91 Å². The van der Waals surface area contributed by atoms with Crippen molar-refractivity contribution in [2.75, 3.05) is 7.05 Å². The molecule has 0 N–H and O–H groups in total. The highest BCUT2D eigenvalue weighted by molar-refractivity contribution is 7.80. The van der Waals surface area contributed by atoms with Gasteiger partial charge in [0.1, 0.15) is 5.70 Å². The largest absolute Gasteiger partial charge is 0.317 e. The molecule has 0 aromatic heterocycles. The Bertz CT molecular complexity index is 694. The quantitative estimate of drug-likeness (QED) is 0.566. The predicted octanol–water partition coefficient (Wildman–Crippen LogP) is 4.72. The van der Waals surface area contributed by atoms with Gasteiger partial charge in [0, 0.05) is 13.1 Å². The summed E-state index contributed by atoms with van der Waals surface area (Å²) in [6.07, 6.45) is 7.73. The Kier molecular flexibility index (Phi) is 5.01. The lowest BCUT2D eigenvalue weighted by molar-refractivity contribution is -0.124. The van der Waals surface area contributed by atoms with Crippen LogP contribution in [0.15, 0.2) is 30.0 Å². The normalized spacial score (nSPS) is 21.5. The third-order valence-corrected chi connectivity index (χ3v) is 5.78. The zero-order valence-corrected chi connectivity index (χ0v) is 16.5. The average molecular weight is 357 g/mol. The SMILES string of the molecule is CN1C(=S)N(C2CCCCC2)C(=O)/C1=C\c1ccc(C(C)(C)C)cc1. The Morgan fingerprint density at radius 1 is 1.08 bits per heavy atom. The molecule has 134 valence electrons. The van der Waals surface area contributed by atoms with Crippen LogP contribution in [0.25, 0.3) is 6.08 Å². The minimum absolute atomic E-state index is 0.0549. The molecular formula is C21H28N2OS. The summed E-state index contributed by atoms with van der Waals surface area (Å²) < 4.78 is 0. The molecule has 1 heterocycles. The lowest BCUT2D eigenvalue weighted by Crippen LogP contribution is -2.41. The molecule has 0 atom stereocenters. The lowest BCUT2D eigenvalue weighted by Gasteiger charge is -2.30. The van der Waals surface area contributed by atoms with Crippen LogP contribution in [0.3, 0.4) is 0 Å². The second kappa shape index (κ2) is 6.91. The Morgan fingerprint density at radius 2 is 1.68 bits per heavy atom. The van der Waals surface area contributed by atoms with Gasteiger partial charge in [-0.05, 0) is 47.7 Å². The molecule has 2 fully saturated rings. The summed E-state index contributed by atoms with van der Waals surface area (Å²) >= 11 is 5.57. The topological polar surface area (TPSA) is 23.6 Å². The molecule has 0 bridgehead atoms. The number of amides is 1. The standard InChI is InChI=1S/C21H28N2OS/c1-21(2,3)16-12-10-15(11-13-16)14-18-19(24)23(20(25)22(18)4)17-8-6-5-7-9-17/h10-14,17H,5-9H2,1-4H3/b18-14+. The molecule has 1 aliphatic heterocycles. The summed E-state index contributed by atoms with van der Waals surface area (Å²) in [5.74, 6) is 0.0549. The van der Waals surface area contributed by atoms with Crippen molar-refractivity contribution in [2.45, 2.75) is 64.3 Å². The third-order valence-electron chi connectivity index (χ3n) is 5.31. The first-order chi connectivity index (χ1) is 11.8. The van der Waals surface area contributed by atoms with E-state index in [2.05, 4.69) is 45.0 Å². The molecule has 3 rings (SSSR count). The van der Waals surface area contributed by atoms with Crippen molar-refractivity contribution < 1.29 is 4.79 Å². The fourth-order valence-corrected chi connectivity index (χ4v) is 4.01. The van der Waals surface area contributed by atoms with Gasteiger partial charge in [0.05, 0.1) is 0 Å². The van der Waals surface area contributed by atoms with Crippen LogP contribution in [-0.2, 0) is 10.2 Å². The maximum atomic E-state index is 13.0. The molecule has 0 spiro atoms. The molecule has 3 nitrogen and oxygen atoms in total. The van der Waals surface area contributed by atoms with E-state index in [0.29, 0.717) is 10.8 Å². The second-order valence-electron chi connectivity index (χ2n) is 8.21. The smallest absolute Gasteiger partial charge is 0.277 e. The van der Waals surface area contributed by atoms with E-state index in [-0.39, 0.29) is 17.4 Å². The number of carbonyl (C=O) groups excluding carboxylic acids is 1. The molecule has 4 heteroatoms. The van der Waals surface area contributed by atoms with Gasteiger partial charge in [-0.15, -0.1) is 0 Å². The Labute approximate surface area is 156 Å². The number of thiocarbonyl (C=S) groups is 1. The van der Waals surface area contributed by atoms with Gasteiger partial charge in [-0.2, -0.15) is 0 Å². The predicted molar refractivity (Wildman–Crippen MR) is 107 cm³/mol. The maximum absolute atomic E-state index is 13.0. The van der Waals surface area contributed by atoms with Crippen LogP contribution in [0, 0.1) is 0 Å². The molecule has 2 aliphatic rings. The van der Waals surface area contributed by atoms with Crippen LogP contribution in [0.2, 0.25) is 0 Å². The van der Waals surface area contributed by atoms with Crippen molar-refractivity contribution in [2.24, 2.45) is 0 Å². The van der Waals surface area contributed by atoms with Crippen molar-refractivity contribution >= 4 is 29.3 Å². The van der Waals surface area contributed by atoms with Gasteiger partial charge in [0.15, 0.2) is 5.11 Å². The number of likely N-dealkylation sites (N-methyl/N-ethyl adjacent to an activating group) is 1. The van der Waals surface area contributed by atoms with Crippen molar-refractivity contribution in [3.63, 3.8) is 0 Å². The van der Waals surface area contributed by atoms with Crippen molar-refractivity contribution in [3.05, 3.63) is 41.1 Å². The van der Waals surface area contributed by atoms with E-state index in [1.807, 2.05) is 22.9 Å². The highest BCUT2D eigenvalue weighted by Gasteiger charge is 2.40. The van der Waals surface area contributed by atoms with E-state index < -0.39 is 0 Å². The number of hydrogen-bond donors (Lipinski definition) is 0. The molecule has 1 saturated carbocycles. The zero-order chi connectivity index (χ0) is 18.2. The van der Waals surface area contributed by atoms with Gasteiger partial charge in [0.2, 0.25) is 0 Å². The Balaban J connectivity index is 1.85. The summed E-state index contributed by atoms with van der Waals surface area (Å²) in [7, 11) is 1.90. The lowest BCUT2D eigenvalue weighted by atomic mass is 9.86. The van der Waals surface area contributed by atoms with Crippen LogP contribution in [0.4, 0.5) is 0 Å². The average Bonchev–Trinajstić information content (AvgIpc) is 2.79. The van der Waals surface area contributed by atoms with E-state index >= 15 is 0 Å². The van der Waals surface area contributed by atoms with Crippen LogP contribution in [0.5, 0.6) is 0 Å². The van der Waals surface area contributed by atoms with Crippen molar-refractivity contribution in [1.29, 1.82) is 0 Å². The van der Waals surface area contributed by atoms with Crippen LogP contribution < -0.4 is 0 Å². The number of carbonyl (C=O) groups is 1. The highest BCUT2D eigenvalue weighted by atomic mass is 32.1. The molecule has 1 amide bonds. The summed E-state index contributed by atoms with van der Waals surface area (Å²) in [6, 6.07) is 8.72. The van der Waals surface area contributed by atoms with Gasteiger partial charge in [-0.3, -0.25) is 9.69 Å². The molecule has 1 saturated heterocycles. The summed E-state index contributed by atoms with van der Waals surface area (Å²) in [6.45, 7) is 6.61. The molecule has 0 radical (unpaired) electrons. The van der Waals surface area contributed by atoms with Crippen LogP contribution in [0.1, 0.15) is 64.0 Å². The number of benzene rings is 1. The third kappa shape index (κ3) is 3.64. The molecule has 0 unspecified atom stereocenters. The minimum atomic E-state index is 0.0549. The second-order valence-corrected chi connectivity index (χ2v) is 8.58. The van der Waals surface area contributed by atoms with Gasteiger partial charge < -0.3 is 4.90 Å². The highest BCUT2D eigenvalue weighted by Crippen LogP contribution is 2.31. The van der Waals surface area contributed by atoms with Crippen molar-refractivity contribution in [1.82, 2.24) is 9.80 Å². The number of nitrogens with zero attached hydrogens (tertiary/aromatic N) is 2. The fraction of sp³-hybridized carbons (Fsp3) is 0.524. The molecule has 1 aromatic carbocycles. The summed E-state index contributed by atoms with van der Waals surface area (Å²) in [5.41, 5.74) is 3.14. The van der Waals surface area contributed by atoms with E-state index in [4.69, 9.17) is 12.2 Å². The van der Waals surface area contributed by atoms with E-state index in [1.165, 1.54) is 24.8 Å². The van der Waals surface area contributed by atoms with Crippen molar-refractivity contribution in [3.8, 4) is 0 Å². The first-order valence-corrected chi connectivity index (χ1v) is 9.63. The van der Waals surface area contributed by atoms with E-state index in [9.17, 15) is 4.79 Å². The zero-order valence-electron chi connectivity index (χ0n) is 15.7. The van der Waals surface area contributed by atoms with Crippen LogP contribution in [-0.4, -0.2) is 33.9 Å². The molecule has 25 heavy (non-hydrogen) atoms. The number of hydrogen-bond acceptors (Lipinski definition) is 2. The number of rotatable bonds is 2. The van der Waals surface area contributed by atoms with E-state index in [1.54, 1.807) is 0 Å². The van der Waals surface area contributed by atoms with Gasteiger partial charge in [-0.25, -0.2) is 0 Å². The van der Waals surface area contributed by atoms with E-state index in [0.717, 1.165) is 18.4 Å². The first-order valence-electron chi connectivity index (χ1n) is 9.22. The molecule has 1 aromatic rings. The molecular weight excluding hydrogens is 328 g/mol. The Hall–Kier alpha value is -1.68. The maximum Gasteiger partial charge on any atom is 0.277 e. The Morgan fingerprint density at radius 3 is 2.24 bits per heavy atom. The first kappa shape index (κ1) is 18.1. The summed E-state index contributed by atoms with van der Waals surface area (Å²) in [4.78, 5) is 16.7. The fourth-order valence-electron chi connectivity index (χ4n) is 3.68. The van der Waals surface area contributed by atoms with Crippen LogP contribution >= 0.6 is 12.2 Å². The minimum Gasteiger partial charge on any atom is -0.317 e. The summed E-state index contributed by atoms with van der Waals surface area (Å²) in [5, 5.41) is 0.648.